The molecule has 0 radical (unpaired) electrons. The van der Waals surface area contributed by atoms with Crippen molar-refractivity contribution in [2.75, 3.05) is 0 Å². The van der Waals surface area contributed by atoms with Crippen LogP contribution in [0.1, 0.15) is 11.1 Å². The average molecular weight is 270 g/mol. The van der Waals surface area contributed by atoms with E-state index in [0.717, 1.165) is 11.0 Å². The van der Waals surface area contributed by atoms with Crippen LogP contribution in [-0.2, 0) is 13.1 Å². The van der Waals surface area contributed by atoms with Gasteiger partial charge >= 0.3 is 0 Å². The molecule has 2 heterocycles. The summed E-state index contributed by atoms with van der Waals surface area (Å²) < 4.78 is 3.88. The molecule has 0 bridgehead atoms. The summed E-state index contributed by atoms with van der Waals surface area (Å²) in [6.45, 7) is 5.23. The number of aliphatic hydroxyl groups is 1. The van der Waals surface area contributed by atoms with Crippen LogP contribution in [0.5, 0.6) is 0 Å². The molecule has 1 aromatic carbocycles. The number of rotatable bonds is 4. The Bertz CT molecular complexity index is 715. The third-order valence-electron chi connectivity index (χ3n) is 3.62. The zero-order valence-electron chi connectivity index (χ0n) is 11.7. The Morgan fingerprint density at radius 2 is 1.95 bits per heavy atom. The molecule has 2 aromatic heterocycles. The largest absolute Gasteiger partial charge is 0.389 e. The Labute approximate surface area is 117 Å². The van der Waals surface area contributed by atoms with Gasteiger partial charge in [-0.3, -0.25) is 0 Å². The van der Waals surface area contributed by atoms with Crippen LogP contribution < -0.4 is 0 Å². The molecule has 3 aromatic rings. The van der Waals surface area contributed by atoms with E-state index in [1.165, 1.54) is 11.1 Å². The molecule has 0 aliphatic carbocycles. The molecular weight excluding hydrogens is 252 g/mol. The quantitative estimate of drug-likeness (QED) is 0.788. The molecule has 0 aliphatic rings. The highest BCUT2D eigenvalue weighted by molar-refractivity contribution is 5.77. The van der Waals surface area contributed by atoms with Crippen LogP contribution in [0.2, 0.25) is 0 Å². The summed E-state index contributed by atoms with van der Waals surface area (Å²) in [5, 5.41) is 10.2. The third kappa shape index (κ3) is 2.44. The molecule has 0 aliphatic heterocycles. The number of hydrogen-bond acceptors (Lipinski definition) is 3. The first-order valence-corrected chi connectivity index (χ1v) is 6.69. The molecule has 1 unspecified atom stereocenters. The van der Waals surface area contributed by atoms with Crippen LogP contribution >= 0.6 is 0 Å². The maximum absolute atomic E-state index is 10.2. The lowest BCUT2D eigenvalue weighted by atomic mass is 10.1. The number of nitrogens with zero attached hydrogens (tertiary/aromatic N) is 4. The van der Waals surface area contributed by atoms with Crippen molar-refractivity contribution >= 4 is 11.0 Å². The Morgan fingerprint density at radius 1 is 1.15 bits per heavy atom. The highest BCUT2D eigenvalue weighted by Crippen LogP contribution is 2.18. The first-order chi connectivity index (χ1) is 9.63. The van der Waals surface area contributed by atoms with Crippen molar-refractivity contribution in [3.8, 4) is 0 Å². The summed E-state index contributed by atoms with van der Waals surface area (Å²) >= 11 is 0. The number of benzene rings is 1. The Morgan fingerprint density at radius 3 is 2.70 bits per heavy atom. The lowest BCUT2D eigenvalue weighted by Gasteiger charge is -2.13. The Kier molecular flexibility index (Phi) is 3.28. The number of aryl methyl sites for hydroxylation is 2. The van der Waals surface area contributed by atoms with Crippen LogP contribution in [0, 0.1) is 13.8 Å². The van der Waals surface area contributed by atoms with Crippen LogP contribution in [0.25, 0.3) is 11.0 Å². The number of fused-ring (bicyclic) bond motifs is 1. The van der Waals surface area contributed by atoms with Crippen molar-refractivity contribution < 1.29 is 5.11 Å². The predicted molar refractivity (Wildman–Crippen MR) is 77.4 cm³/mol. The topological polar surface area (TPSA) is 55.9 Å². The van der Waals surface area contributed by atoms with Gasteiger partial charge in [0.05, 0.1) is 42.9 Å². The second-order valence-corrected chi connectivity index (χ2v) is 5.24. The summed E-state index contributed by atoms with van der Waals surface area (Å²) in [6, 6.07) is 4.21. The summed E-state index contributed by atoms with van der Waals surface area (Å²) in [7, 11) is 0. The van der Waals surface area contributed by atoms with E-state index in [1.54, 1.807) is 18.9 Å². The third-order valence-corrected chi connectivity index (χ3v) is 3.62. The van der Waals surface area contributed by atoms with Crippen LogP contribution in [-0.4, -0.2) is 30.3 Å². The van der Waals surface area contributed by atoms with Crippen LogP contribution in [0.15, 0.2) is 37.2 Å². The molecule has 0 saturated carbocycles. The van der Waals surface area contributed by atoms with Gasteiger partial charge in [-0.25, -0.2) is 9.97 Å². The van der Waals surface area contributed by atoms with Gasteiger partial charge in [0.2, 0.25) is 0 Å². The van der Waals surface area contributed by atoms with Gasteiger partial charge in [-0.1, -0.05) is 0 Å². The molecule has 3 rings (SSSR count). The van der Waals surface area contributed by atoms with E-state index in [0.29, 0.717) is 13.1 Å². The highest BCUT2D eigenvalue weighted by Gasteiger charge is 2.10. The molecule has 1 atom stereocenters. The Hall–Kier alpha value is -2.14. The number of aromatic nitrogens is 4. The van der Waals surface area contributed by atoms with Gasteiger partial charge < -0.3 is 14.2 Å². The van der Waals surface area contributed by atoms with Crippen molar-refractivity contribution in [3.63, 3.8) is 0 Å². The summed E-state index contributed by atoms with van der Waals surface area (Å²) in [4.78, 5) is 8.38. The van der Waals surface area contributed by atoms with Crippen LogP contribution in [0.4, 0.5) is 0 Å². The van der Waals surface area contributed by atoms with Gasteiger partial charge in [-0.05, 0) is 37.1 Å². The van der Waals surface area contributed by atoms with Gasteiger partial charge in [-0.2, -0.15) is 0 Å². The zero-order chi connectivity index (χ0) is 14.1. The zero-order valence-corrected chi connectivity index (χ0v) is 11.7. The number of imidazole rings is 2. The standard InChI is InChI=1S/C15H18N4O/c1-11-5-14-15(6-12(11)2)19(10-17-14)8-13(20)7-18-4-3-16-9-18/h3-6,9-10,13,20H,7-8H2,1-2H3. The number of aliphatic hydroxyl groups excluding tert-OH is 1. The van der Waals surface area contributed by atoms with Crippen molar-refractivity contribution in [2.24, 2.45) is 0 Å². The minimum Gasteiger partial charge on any atom is -0.389 e. The van der Waals surface area contributed by atoms with E-state index >= 15 is 0 Å². The smallest absolute Gasteiger partial charge is 0.0959 e. The molecule has 5 nitrogen and oxygen atoms in total. The van der Waals surface area contributed by atoms with Gasteiger partial charge in [0.25, 0.3) is 0 Å². The Balaban J connectivity index is 1.82. The van der Waals surface area contributed by atoms with Crippen molar-refractivity contribution in [2.45, 2.75) is 33.0 Å². The molecule has 0 amide bonds. The van der Waals surface area contributed by atoms with E-state index in [9.17, 15) is 5.11 Å². The fourth-order valence-electron chi connectivity index (χ4n) is 2.38. The minimum atomic E-state index is -0.469. The number of hydrogen-bond donors (Lipinski definition) is 1. The van der Waals surface area contributed by atoms with E-state index in [4.69, 9.17) is 0 Å². The second kappa shape index (κ2) is 5.09. The monoisotopic (exact) mass is 270 g/mol. The SMILES string of the molecule is Cc1cc2ncn(CC(O)Cn3ccnc3)c2cc1C. The van der Waals surface area contributed by atoms with E-state index < -0.39 is 6.10 Å². The lowest BCUT2D eigenvalue weighted by Crippen LogP contribution is -2.21. The first-order valence-electron chi connectivity index (χ1n) is 6.69. The molecule has 5 heteroatoms. The summed E-state index contributed by atoms with van der Waals surface area (Å²) in [5.41, 5.74) is 4.52. The molecule has 0 saturated heterocycles. The van der Waals surface area contributed by atoms with Crippen molar-refractivity contribution in [3.05, 3.63) is 48.3 Å². The maximum Gasteiger partial charge on any atom is 0.0959 e. The molecule has 0 spiro atoms. The van der Waals surface area contributed by atoms with Gasteiger partial charge in [0, 0.05) is 12.4 Å². The molecule has 1 N–H and O–H groups in total. The van der Waals surface area contributed by atoms with Gasteiger partial charge in [0.1, 0.15) is 0 Å². The molecule has 0 fully saturated rings. The minimum absolute atomic E-state index is 0.469. The van der Waals surface area contributed by atoms with E-state index in [1.807, 2.05) is 15.3 Å². The molecule has 20 heavy (non-hydrogen) atoms. The van der Waals surface area contributed by atoms with E-state index in [2.05, 4.69) is 35.9 Å². The predicted octanol–water partition coefficient (Wildman–Crippen LogP) is 1.91. The fraction of sp³-hybridized carbons (Fsp3) is 0.333. The summed E-state index contributed by atoms with van der Waals surface area (Å²) in [6.07, 6.45) is 6.60. The average Bonchev–Trinajstić information content (AvgIpc) is 3.02. The fourth-order valence-corrected chi connectivity index (χ4v) is 2.38. The lowest BCUT2D eigenvalue weighted by molar-refractivity contribution is 0.135. The molecule has 104 valence electrons. The molecular formula is C15H18N4O. The van der Waals surface area contributed by atoms with Crippen molar-refractivity contribution in [1.29, 1.82) is 0 Å². The normalized spacial score (nSPS) is 12.9. The van der Waals surface area contributed by atoms with Gasteiger partial charge in [0.15, 0.2) is 0 Å². The van der Waals surface area contributed by atoms with Crippen molar-refractivity contribution in [1.82, 2.24) is 19.1 Å². The summed E-state index contributed by atoms with van der Waals surface area (Å²) in [5.74, 6) is 0. The van der Waals surface area contributed by atoms with Crippen LogP contribution in [0.3, 0.4) is 0 Å². The van der Waals surface area contributed by atoms with Gasteiger partial charge in [-0.15, -0.1) is 0 Å². The highest BCUT2D eigenvalue weighted by atomic mass is 16.3. The maximum atomic E-state index is 10.2. The second-order valence-electron chi connectivity index (χ2n) is 5.24. The van der Waals surface area contributed by atoms with E-state index in [-0.39, 0.29) is 0 Å². The first kappa shape index (κ1) is 12.9.